The number of hydrogen-bond donors (Lipinski definition) is 2. The summed E-state index contributed by atoms with van der Waals surface area (Å²) in [5.41, 5.74) is 0. The Balaban J connectivity index is 3.48. The van der Waals surface area contributed by atoms with Crippen molar-refractivity contribution < 1.29 is 19.0 Å². The Bertz CT molecular complexity index is 97.5. The van der Waals surface area contributed by atoms with Crippen LogP contribution in [0.3, 0.4) is 0 Å². The Morgan fingerprint density at radius 1 is 1.42 bits per heavy atom. The molecular formula is C6H14BO4P. The molecule has 6 heteroatoms. The van der Waals surface area contributed by atoms with E-state index in [0.29, 0.717) is 12.9 Å². The number of rotatable bonds is 7. The second-order valence-electron chi connectivity index (χ2n) is 2.45. The van der Waals surface area contributed by atoms with Crippen LogP contribution in [0.25, 0.3) is 0 Å². The molecule has 0 bridgehead atoms. The molecule has 0 amide bonds. The minimum absolute atomic E-state index is 0.143. The highest BCUT2D eigenvalue weighted by molar-refractivity contribution is 7.39. The zero-order chi connectivity index (χ0) is 9.40. The van der Waals surface area contributed by atoms with E-state index in [4.69, 9.17) is 22.4 Å². The summed E-state index contributed by atoms with van der Waals surface area (Å²) in [6.07, 6.45) is 1.31. The average molecular weight is 192 g/mol. The smallest absolute Gasteiger partial charge is 0.327 e. The Labute approximate surface area is 75.3 Å². The fraction of sp³-hybridized carbons (Fsp3) is 1.00. The highest BCUT2D eigenvalue weighted by Crippen LogP contribution is 2.26. The zero-order valence-corrected chi connectivity index (χ0v) is 8.04. The van der Waals surface area contributed by atoms with Crippen LogP contribution in [0.15, 0.2) is 0 Å². The van der Waals surface area contributed by atoms with Gasteiger partial charge in [0.05, 0.1) is 21.1 Å². The third-order valence-electron chi connectivity index (χ3n) is 1.40. The lowest BCUT2D eigenvalue weighted by Gasteiger charge is -2.14. The maximum absolute atomic E-state index is 8.46. The summed E-state index contributed by atoms with van der Waals surface area (Å²) in [5, 5.41) is 0. The SMILES string of the molecule is [B]CCC(COC)COP(O)O. The Hall–Kier alpha value is 0.335. The van der Waals surface area contributed by atoms with E-state index in [-0.39, 0.29) is 12.5 Å². The van der Waals surface area contributed by atoms with Crippen LogP contribution in [0.2, 0.25) is 6.32 Å². The summed E-state index contributed by atoms with van der Waals surface area (Å²) in [6.45, 7) is 0.810. The maximum atomic E-state index is 8.46. The summed E-state index contributed by atoms with van der Waals surface area (Å²) in [5.74, 6) is 0.143. The van der Waals surface area contributed by atoms with Crippen LogP contribution in [-0.4, -0.2) is 38.0 Å². The van der Waals surface area contributed by atoms with Crippen molar-refractivity contribution in [2.24, 2.45) is 5.92 Å². The molecule has 0 spiro atoms. The molecule has 2 radical (unpaired) electrons. The van der Waals surface area contributed by atoms with Crippen molar-refractivity contribution in [2.75, 3.05) is 20.3 Å². The van der Waals surface area contributed by atoms with Gasteiger partial charge in [-0.1, -0.05) is 12.7 Å². The molecule has 1 unspecified atom stereocenters. The van der Waals surface area contributed by atoms with Gasteiger partial charge in [-0.3, -0.25) is 0 Å². The average Bonchev–Trinajstić information content (AvgIpc) is 2.01. The van der Waals surface area contributed by atoms with Crippen LogP contribution < -0.4 is 0 Å². The van der Waals surface area contributed by atoms with Gasteiger partial charge in [0.25, 0.3) is 0 Å². The zero-order valence-electron chi connectivity index (χ0n) is 7.14. The summed E-state index contributed by atoms with van der Waals surface area (Å²) >= 11 is 0. The van der Waals surface area contributed by atoms with Gasteiger partial charge in [0.15, 0.2) is 0 Å². The fourth-order valence-electron chi connectivity index (χ4n) is 0.858. The first-order valence-corrected chi connectivity index (χ1v) is 4.87. The van der Waals surface area contributed by atoms with Gasteiger partial charge in [-0.2, -0.15) is 0 Å². The van der Waals surface area contributed by atoms with Crippen molar-refractivity contribution in [1.82, 2.24) is 0 Å². The third kappa shape index (κ3) is 7.01. The summed E-state index contributed by atoms with van der Waals surface area (Å²) in [4.78, 5) is 16.9. The Morgan fingerprint density at radius 2 is 2.08 bits per heavy atom. The standard InChI is InChI=1S/C6H14BO4P/c1-10-4-6(2-3-7)5-11-12(8)9/h6,8-9H,2-5H2,1H3. The van der Waals surface area contributed by atoms with Gasteiger partial charge in [-0.15, -0.1) is 0 Å². The van der Waals surface area contributed by atoms with Crippen LogP contribution in [0.5, 0.6) is 0 Å². The molecule has 0 saturated carbocycles. The molecule has 0 rings (SSSR count). The van der Waals surface area contributed by atoms with E-state index in [9.17, 15) is 0 Å². The largest absolute Gasteiger partial charge is 0.384 e. The molecule has 4 nitrogen and oxygen atoms in total. The topological polar surface area (TPSA) is 58.9 Å². The van der Waals surface area contributed by atoms with E-state index in [0.717, 1.165) is 6.42 Å². The predicted octanol–water partition coefficient (Wildman–Crippen LogP) is 0.454. The second kappa shape index (κ2) is 7.96. The molecular weight excluding hydrogens is 178 g/mol. The van der Waals surface area contributed by atoms with Gasteiger partial charge >= 0.3 is 8.60 Å². The van der Waals surface area contributed by atoms with Crippen LogP contribution in [0.4, 0.5) is 0 Å². The van der Waals surface area contributed by atoms with E-state index >= 15 is 0 Å². The fourth-order valence-corrected chi connectivity index (χ4v) is 1.20. The van der Waals surface area contributed by atoms with Gasteiger partial charge < -0.3 is 19.0 Å². The third-order valence-corrected chi connectivity index (χ3v) is 1.78. The molecule has 0 aliphatic carbocycles. The lowest BCUT2D eigenvalue weighted by Crippen LogP contribution is -2.14. The van der Waals surface area contributed by atoms with E-state index in [1.54, 1.807) is 7.11 Å². The van der Waals surface area contributed by atoms with Crippen molar-refractivity contribution >= 4 is 16.4 Å². The Kier molecular flexibility index (Phi) is 8.18. The maximum Gasteiger partial charge on any atom is 0.327 e. The molecule has 2 N–H and O–H groups in total. The second-order valence-corrected chi connectivity index (χ2v) is 3.21. The van der Waals surface area contributed by atoms with Gasteiger partial charge in [0.1, 0.15) is 0 Å². The van der Waals surface area contributed by atoms with Gasteiger partial charge in [-0.25, -0.2) is 0 Å². The molecule has 0 saturated heterocycles. The van der Waals surface area contributed by atoms with Gasteiger partial charge in [0, 0.05) is 13.0 Å². The lowest BCUT2D eigenvalue weighted by atomic mass is 9.94. The van der Waals surface area contributed by atoms with Crippen LogP contribution in [0, 0.1) is 5.92 Å². The number of methoxy groups -OCH3 is 1. The highest BCUT2D eigenvalue weighted by atomic mass is 31.2. The Morgan fingerprint density at radius 3 is 2.50 bits per heavy atom. The predicted molar refractivity (Wildman–Crippen MR) is 47.9 cm³/mol. The quantitative estimate of drug-likeness (QED) is 0.454. The summed E-state index contributed by atoms with van der Waals surface area (Å²) in [7, 11) is 4.67. The highest BCUT2D eigenvalue weighted by Gasteiger charge is 2.09. The minimum Gasteiger partial charge on any atom is -0.384 e. The van der Waals surface area contributed by atoms with E-state index in [2.05, 4.69) is 4.52 Å². The molecule has 0 fully saturated rings. The van der Waals surface area contributed by atoms with Gasteiger partial charge in [0.2, 0.25) is 0 Å². The van der Waals surface area contributed by atoms with E-state index in [1.807, 2.05) is 0 Å². The number of hydrogen-bond acceptors (Lipinski definition) is 4. The molecule has 0 aliphatic rings. The molecule has 0 aromatic carbocycles. The van der Waals surface area contributed by atoms with Crippen molar-refractivity contribution in [3.63, 3.8) is 0 Å². The first kappa shape index (κ1) is 12.3. The molecule has 12 heavy (non-hydrogen) atoms. The lowest BCUT2D eigenvalue weighted by molar-refractivity contribution is 0.110. The van der Waals surface area contributed by atoms with Crippen LogP contribution in [-0.2, 0) is 9.26 Å². The summed E-state index contributed by atoms with van der Waals surface area (Å²) in [6, 6.07) is 0. The molecule has 70 valence electrons. The summed E-state index contributed by atoms with van der Waals surface area (Å²) < 4.78 is 9.55. The first-order valence-electron chi connectivity index (χ1n) is 3.70. The van der Waals surface area contributed by atoms with E-state index in [1.165, 1.54) is 0 Å². The van der Waals surface area contributed by atoms with Crippen molar-refractivity contribution in [2.45, 2.75) is 12.7 Å². The molecule has 0 heterocycles. The van der Waals surface area contributed by atoms with Crippen LogP contribution in [0.1, 0.15) is 6.42 Å². The number of ether oxygens (including phenoxy) is 1. The van der Waals surface area contributed by atoms with E-state index < -0.39 is 8.60 Å². The molecule has 0 aliphatic heterocycles. The minimum atomic E-state index is -2.25. The molecule has 1 atom stereocenters. The normalized spacial score (nSPS) is 13.7. The van der Waals surface area contributed by atoms with Gasteiger partial charge in [-0.05, 0) is 0 Å². The van der Waals surface area contributed by atoms with Crippen molar-refractivity contribution in [3.8, 4) is 0 Å². The monoisotopic (exact) mass is 192 g/mol. The van der Waals surface area contributed by atoms with Crippen molar-refractivity contribution in [3.05, 3.63) is 0 Å². The molecule has 0 aromatic rings. The first-order chi connectivity index (χ1) is 5.70. The van der Waals surface area contributed by atoms with Crippen LogP contribution >= 0.6 is 8.60 Å². The van der Waals surface area contributed by atoms with Crippen molar-refractivity contribution in [1.29, 1.82) is 0 Å². The molecule has 0 aromatic heterocycles.